The molecule has 1 unspecified atom stereocenters. The molecule has 0 amide bonds. The molecule has 38 heavy (non-hydrogen) atoms. The standard InChI is InChI=1S/C30H32N4O4/c1-12-7-24-26-27(30(37)38-6)29(36)25-16(5)22(34-28(25)26)9-21-15(4)17(11-35)23(33-21)10-20-14(3)13(2)19(32-20)8-18(12)31-24/h8-12,24,27,31-35H,7H2,1-6H3/b17-11-,18-8-,22-9-,23-10-/t12-,24?,27+/m0/s1. The van der Waals surface area contributed by atoms with Crippen molar-refractivity contribution in [3.05, 3.63) is 71.9 Å². The second-order valence-corrected chi connectivity index (χ2v) is 10.7. The zero-order chi connectivity index (χ0) is 27.0. The fraction of sp³-hybridized carbons (Fsp3) is 0.333. The van der Waals surface area contributed by atoms with Crippen molar-refractivity contribution in [2.45, 2.75) is 47.1 Å². The van der Waals surface area contributed by atoms with E-state index in [-0.39, 0.29) is 17.7 Å². The van der Waals surface area contributed by atoms with Crippen LogP contribution in [0.5, 0.6) is 0 Å². The lowest BCUT2D eigenvalue weighted by atomic mass is 9.90. The molecule has 1 saturated heterocycles. The normalized spacial score (nSPS) is 25.4. The predicted octanol–water partition coefficient (Wildman–Crippen LogP) is 1.35. The van der Waals surface area contributed by atoms with Crippen molar-refractivity contribution in [3.63, 3.8) is 0 Å². The third-order valence-electron chi connectivity index (χ3n) is 8.68. The number of carbonyl (C=O) groups excluding carboxylic acids is 2. The highest BCUT2D eigenvalue weighted by atomic mass is 16.5. The summed E-state index contributed by atoms with van der Waals surface area (Å²) in [6, 6.07) is -0.193. The quantitative estimate of drug-likeness (QED) is 0.249. The van der Waals surface area contributed by atoms with Gasteiger partial charge in [0.25, 0.3) is 0 Å². The first kappa shape index (κ1) is 24.2. The molecular weight excluding hydrogens is 480 g/mol. The van der Waals surface area contributed by atoms with Gasteiger partial charge in [0.05, 0.1) is 30.1 Å². The molecular formula is C30H32N4O4. The molecule has 0 spiro atoms. The summed E-state index contributed by atoms with van der Waals surface area (Å²) in [7, 11) is 1.33. The van der Waals surface area contributed by atoms with Crippen LogP contribution in [0.3, 0.4) is 0 Å². The van der Waals surface area contributed by atoms with Gasteiger partial charge < -0.3 is 30.1 Å². The van der Waals surface area contributed by atoms with Crippen molar-refractivity contribution in [1.82, 2.24) is 20.3 Å². The number of rotatable bonds is 1. The van der Waals surface area contributed by atoms with E-state index in [2.05, 4.69) is 47.1 Å². The number of hydrogen-bond donors (Lipinski definition) is 5. The maximum absolute atomic E-state index is 13.7. The first-order valence-corrected chi connectivity index (χ1v) is 12.9. The second kappa shape index (κ2) is 8.41. The lowest BCUT2D eigenvalue weighted by Gasteiger charge is -2.18. The van der Waals surface area contributed by atoms with Gasteiger partial charge in [-0.05, 0) is 86.1 Å². The Morgan fingerprint density at radius 2 is 1.61 bits per heavy atom. The van der Waals surface area contributed by atoms with E-state index in [0.29, 0.717) is 16.1 Å². The smallest absolute Gasteiger partial charge is 0.320 e. The van der Waals surface area contributed by atoms with Gasteiger partial charge in [-0.3, -0.25) is 9.59 Å². The Bertz CT molecular complexity index is 1830. The van der Waals surface area contributed by atoms with E-state index in [1.54, 1.807) is 0 Å². The number of methoxy groups -OCH3 is 1. The van der Waals surface area contributed by atoms with Crippen LogP contribution in [0.1, 0.15) is 63.0 Å². The summed E-state index contributed by atoms with van der Waals surface area (Å²) < 4.78 is 5.09. The number of aliphatic hydroxyl groups is 1. The summed E-state index contributed by atoms with van der Waals surface area (Å²) in [6.45, 7) is 10.2. The number of esters is 1. The lowest BCUT2D eigenvalue weighted by Crippen LogP contribution is -2.34. The molecule has 3 aliphatic rings. The number of aliphatic hydroxyl groups excluding tert-OH is 1. The molecule has 1 fully saturated rings. The summed E-state index contributed by atoms with van der Waals surface area (Å²) >= 11 is 0. The van der Waals surface area contributed by atoms with E-state index in [0.717, 1.165) is 74.0 Å². The summed E-state index contributed by atoms with van der Waals surface area (Å²) in [5, 5.41) is 16.7. The van der Waals surface area contributed by atoms with Crippen LogP contribution in [0.4, 0.5) is 0 Å². The average molecular weight is 513 g/mol. The number of allylic oxidation sites excluding steroid dienone is 1. The Morgan fingerprint density at radius 1 is 0.947 bits per heavy atom. The number of ether oxygens (including phenoxy) is 1. The van der Waals surface area contributed by atoms with E-state index in [9.17, 15) is 14.7 Å². The van der Waals surface area contributed by atoms with E-state index < -0.39 is 11.9 Å². The third kappa shape index (κ3) is 3.29. The summed E-state index contributed by atoms with van der Waals surface area (Å²) in [5.41, 5.74) is 9.05. The molecule has 5 N–H and O–H groups in total. The number of aromatic amines is 3. The van der Waals surface area contributed by atoms with E-state index >= 15 is 0 Å². The van der Waals surface area contributed by atoms with E-state index in [1.165, 1.54) is 7.11 Å². The van der Waals surface area contributed by atoms with Crippen LogP contribution < -0.4 is 26.6 Å². The van der Waals surface area contributed by atoms with Gasteiger partial charge in [-0.15, -0.1) is 0 Å². The summed E-state index contributed by atoms with van der Waals surface area (Å²) in [5.74, 6) is -1.54. The number of ketones is 1. The van der Waals surface area contributed by atoms with Gasteiger partial charge in [0.15, 0.2) is 5.78 Å². The van der Waals surface area contributed by atoms with Crippen molar-refractivity contribution in [3.8, 4) is 0 Å². The topological polar surface area (TPSA) is 123 Å². The summed E-state index contributed by atoms with van der Waals surface area (Å²) in [6.07, 6.45) is 8.00. The van der Waals surface area contributed by atoms with Crippen molar-refractivity contribution in [2.24, 2.45) is 11.8 Å². The molecule has 0 aromatic carbocycles. The van der Waals surface area contributed by atoms with E-state index in [1.807, 2.05) is 26.0 Å². The van der Waals surface area contributed by atoms with E-state index in [4.69, 9.17) is 4.74 Å². The van der Waals surface area contributed by atoms with Crippen LogP contribution in [-0.4, -0.2) is 45.0 Å². The van der Waals surface area contributed by atoms with Crippen molar-refractivity contribution in [2.75, 3.05) is 7.11 Å². The summed E-state index contributed by atoms with van der Waals surface area (Å²) in [4.78, 5) is 37.1. The fourth-order valence-electron chi connectivity index (χ4n) is 6.26. The van der Waals surface area contributed by atoms with Gasteiger partial charge in [0, 0.05) is 38.9 Å². The number of H-pyrrole nitrogens is 3. The van der Waals surface area contributed by atoms with Crippen molar-refractivity contribution < 1.29 is 19.4 Å². The molecule has 2 aliphatic heterocycles. The van der Waals surface area contributed by atoms with Gasteiger partial charge in [-0.1, -0.05) is 6.92 Å². The molecule has 3 aromatic heterocycles. The maximum Gasteiger partial charge on any atom is 0.320 e. The van der Waals surface area contributed by atoms with Crippen molar-refractivity contribution in [1.29, 1.82) is 0 Å². The minimum Gasteiger partial charge on any atom is -0.515 e. The highest BCUT2D eigenvalue weighted by Crippen LogP contribution is 2.36. The molecule has 6 rings (SSSR count). The van der Waals surface area contributed by atoms with Crippen molar-refractivity contribution >= 4 is 41.8 Å². The van der Waals surface area contributed by atoms with Crippen LogP contribution in [-0.2, 0) is 9.53 Å². The zero-order valence-electron chi connectivity index (χ0n) is 22.4. The highest BCUT2D eigenvalue weighted by Gasteiger charge is 2.45. The Balaban J connectivity index is 1.73. The number of hydrogen-bond acceptors (Lipinski definition) is 5. The SMILES string of the molecule is COC(=O)[C@H]1C(=O)c2c(C)/c3[nH]c2=C1C1C[C@H](C)/C(=C/c2[nH]c(c(C)c2C)/C=c2\[nH]c(c(C)\c2=C\O)\C=3)N1. The number of carbonyl (C=O) groups is 2. The molecule has 8 bridgehead atoms. The number of fused-ring (bicyclic) bond motifs is 8. The lowest BCUT2D eigenvalue weighted by molar-refractivity contribution is -0.141. The van der Waals surface area contributed by atoms with Gasteiger partial charge in [-0.2, -0.15) is 0 Å². The molecule has 8 nitrogen and oxygen atoms in total. The Hall–Kier alpha value is -4.20. The fourth-order valence-corrected chi connectivity index (χ4v) is 6.26. The monoisotopic (exact) mass is 512 g/mol. The molecule has 196 valence electrons. The van der Waals surface area contributed by atoms with Gasteiger partial charge in [0.1, 0.15) is 5.92 Å². The van der Waals surface area contributed by atoms with Gasteiger partial charge in [0.2, 0.25) is 0 Å². The van der Waals surface area contributed by atoms with Crippen LogP contribution in [0.2, 0.25) is 0 Å². The molecule has 0 radical (unpaired) electrons. The van der Waals surface area contributed by atoms with Crippen LogP contribution in [0, 0.1) is 39.5 Å². The first-order chi connectivity index (χ1) is 18.1. The average Bonchev–Trinajstić information content (AvgIpc) is 3.63. The second-order valence-electron chi connectivity index (χ2n) is 10.7. The Morgan fingerprint density at radius 3 is 2.29 bits per heavy atom. The zero-order valence-corrected chi connectivity index (χ0v) is 22.4. The number of aromatic nitrogens is 3. The molecule has 1 aliphatic carbocycles. The molecule has 0 saturated carbocycles. The molecule has 3 aromatic rings. The molecule has 5 heterocycles. The minimum absolute atomic E-state index is 0.193. The Kier molecular flexibility index (Phi) is 5.35. The highest BCUT2D eigenvalue weighted by molar-refractivity contribution is 6.19. The van der Waals surface area contributed by atoms with Crippen LogP contribution in [0.15, 0.2) is 5.70 Å². The minimum atomic E-state index is -0.970. The number of Topliss-reactive ketones (excluding diaryl/α,β-unsaturated/α-hetero) is 1. The third-order valence-corrected chi connectivity index (χ3v) is 8.68. The van der Waals surface area contributed by atoms with Gasteiger partial charge in [-0.25, -0.2) is 0 Å². The van der Waals surface area contributed by atoms with Crippen LogP contribution >= 0.6 is 0 Å². The molecule has 3 atom stereocenters. The maximum atomic E-state index is 13.7. The largest absolute Gasteiger partial charge is 0.515 e. The molecule has 8 heteroatoms. The Labute approximate surface area is 219 Å². The predicted molar refractivity (Wildman–Crippen MR) is 146 cm³/mol. The first-order valence-electron chi connectivity index (χ1n) is 12.9. The van der Waals surface area contributed by atoms with Gasteiger partial charge >= 0.3 is 5.97 Å². The van der Waals surface area contributed by atoms with Crippen LogP contribution in [0.25, 0.3) is 30.1 Å². The number of nitrogens with one attached hydrogen (secondary N) is 4.